The van der Waals surface area contributed by atoms with Crippen LogP contribution in [0.5, 0.6) is 0 Å². The monoisotopic (exact) mass is 319 g/mol. The molecule has 23 heavy (non-hydrogen) atoms. The Kier molecular flexibility index (Phi) is 4.49. The normalized spacial score (nSPS) is 34.7. The minimum absolute atomic E-state index is 0.716. The van der Waals surface area contributed by atoms with Crippen molar-refractivity contribution in [1.29, 1.82) is 0 Å². The lowest BCUT2D eigenvalue weighted by atomic mass is 9.66. The molecule has 0 aromatic rings. The van der Waals surface area contributed by atoms with E-state index in [-0.39, 0.29) is 0 Å². The van der Waals surface area contributed by atoms with E-state index < -0.39 is 0 Å². The van der Waals surface area contributed by atoms with Crippen LogP contribution in [0.4, 0.5) is 0 Å². The molecule has 3 saturated heterocycles. The maximum absolute atomic E-state index is 2.82. The van der Waals surface area contributed by atoms with Gasteiger partial charge < -0.3 is 0 Å². The lowest BCUT2D eigenvalue weighted by molar-refractivity contribution is -0.0792. The third-order valence-corrected chi connectivity index (χ3v) is 7.43. The predicted octanol–water partition coefficient (Wildman–Crippen LogP) is 3.06. The highest BCUT2D eigenvalue weighted by molar-refractivity contribution is 5.02. The summed E-state index contributed by atoms with van der Waals surface area (Å²) in [5.41, 5.74) is 0.716. The molecule has 0 aromatic carbocycles. The second-order valence-electron chi connectivity index (χ2n) is 9.58. The van der Waals surface area contributed by atoms with Gasteiger partial charge in [-0.1, -0.05) is 6.92 Å². The van der Waals surface area contributed by atoms with Crippen molar-refractivity contribution in [3.05, 3.63) is 0 Å². The maximum Gasteiger partial charge on any atom is 0.0350 e. The van der Waals surface area contributed by atoms with Crippen LogP contribution in [0.15, 0.2) is 0 Å². The highest BCUT2D eigenvalue weighted by Gasteiger charge is 2.47. The molecule has 3 heteroatoms. The zero-order chi connectivity index (χ0) is 16.0. The van der Waals surface area contributed by atoms with Gasteiger partial charge in [-0.05, 0) is 70.3 Å². The van der Waals surface area contributed by atoms with Gasteiger partial charge >= 0.3 is 0 Å². The summed E-state index contributed by atoms with van der Waals surface area (Å²) in [6.45, 7) is 15.3. The van der Waals surface area contributed by atoms with Crippen molar-refractivity contribution in [2.45, 2.75) is 77.4 Å². The average Bonchev–Trinajstić information content (AvgIpc) is 2.44. The van der Waals surface area contributed by atoms with E-state index in [1.54, 1.807) is 0 Å². The van der Waals surface area contributed by atoms with E-state index >= 15 is 0 Å². The van der Waals surface area contributed by atoms with Crippen molar-refractivity contribution in [1.82, 2.24) is 14.7 Å². The summed E-state index contributed by atoms with van der Waals surface area (Å²) < 4.78 is 0. The Bertz CT molecular complexity index is 399. The van der Waals surface area contributed by atoms with E-state index in [1.807, 2.05) is 0 Å². The Hall–Kier alpha value is -0.120. The first-order valence-electron chi connectivity index (χ1n) is 10.3. The van der Waals surface area contributed by atoms with Gasteiger partial charge in [0.2, 0.25) is 0 Å². The highest BCUT2D eigenvalue weighted by Crippen LogP contribution is 2.46. The summed E-state index contributed by atoms with van der Waals surface area (Å²) in [6, 6.07) is 2.54. The fourth-order valence-corrected chi connectivity index (χ4v) is 5.65. The van der Waals surface area contributed by atoms with Crippen LogP contribution in [0.2, 0.25) is 0 Å². The lowest BCUT2D eigenvalue weighted by Crippen LogP contribution is -2.65. The van der Waals surface area contributed by atoms with E-state index in [0.717, 1.165) is 24.0 Å². The number of hydrogen-bond donors (Lipinski definition) is 0. The van der Waals surface area contributed by atoms with E-state index in [9.17, 15) is 0 Å². The second kappa shape index (κ2) is 6.31. The lowest BCUT2D eigenvalue weighted by Gasteiger charge is -2.58. The predicted molar refractivity (Wildman–Crippen MR) is 96.7 cm³/mol. The van der Waals surface area contributed by atoms with Gasteiger partial charge in [-0.25, -0.2) is 0 Å². The Morgan fingerprint density at radius 3 is 2.17 bits per heavy atom. The van der Waals surface area contributed by atoms with Gasteiger partial charge in [-0.2, -0.15) is 0 Å². The standard InChI is InChI=1S/C20H37N3/c1-16(2)23-14-20(15-23)8-6-18(7-9-20)22-12-19(13-22)21-10-4-5-17(3)11-21/h16-19H,4-15H2,1-3H3. The molecule has 4 aliphatic rings. The van der Waals surface area contributed by atoms with Crippen molar-refractivity contribution in [3.63, 3.8) is 0 Å². The molecule has 0 radical (unpaired) electrons. The molecule has 0 amide bonds. The van der Waals surface area contributed by atoms with Crippen LogP contribution in [0.1, 0.15) is 59.3 Å². The van der Waals surface area contributed by atoms with Gasteiger partial charge in [-0.3, -0.25) is 14.7 Å². The van der Waals surface area contributed by atoms with Crippen LogP contribution in [-0.2, 0) is 0 Å². The maximum atomic E-state index is 2.82. The molecule has 1 aliphatic carbocycles. The first-order chi connectivity index (χ1) is 11.0. The fraction of sp³-hybridized carbons (Fsp3) is 1.00. The third kappa shape index (κ3) is 3.21. The Morgan fingerprint density at radius 1 is 0.870 bits per heavy atom. The largest absolute Gasteiger partial charge is 0.300 e. The van der Waals surface area contributed by atoms with Crippen molar-refractivity contribution in [2.24, 2.45) is 11.3 Å². The summed E-state index contributed by atoms with van der Waals surface area (Å²) in [4.78, 5) is 8.27. The van der Waals surface area contributed by atoms with Crippen LogP contribution in [0.25, 0.3) is 0 Å². The molecule has 1 spiro atoms. The zero-order valence-corrected chi connectivity index (χ0v) is 15.6. The summed E-state index contributed by atoms with van der Waals surface area (Å²) in [5, 5.41) is 0. The number of likely N-dealkylation sites (tertiary alicyclic amines) is 3. The highest BCUT2D eigenvalue weighted by atomic mass is 15.3. The zero-order valence-electron chi connectivity index (χ0n) is 15.6. The summed E-state index contributed by atoms with van der Waals surface area (Å²) in [6.07, 6.45) is 8.79. The SMILES string of the molecule is CC1CCCN(C2CN(C3CCC4(CC3)CN(C(C)C)C4)C2)C1. The molecule has 3 heterocycles. The Balaban J connectivity index is 1.20. The summed E-state index contributed by atoms with van der Waals surface area (Å²) >= 11 is 0. The Labute approximate surface area is 143 Å². The van der Waals surface area contributed by atoms with Gasteiger partial charge in [0, 0.05) is 50.8 Å². The molecule has 4 rings (SSSR count). The van der Waals surface area contributed by atoms with E-state index in [2.05, 4.69) is 35.5 Å². The average molecular weight is 320 g/mol. The number of rotatable bonds is 3. The number of piperidine rings is 1. The van der Waals surface area contributed by atoms with Crippen LogP contribution in [-0.4, -0.2) is 72.1 Å². The van der Waals surface area contributed by atoms with Crippen LogP contribution >= 0.6 is 0 Å². The van der Waals surface area contributed by atoms with Crippen LogP contribution in [0.3, 0.4) is 0 Å². The Morgan fingerprint density at radius 2 is 1.57 bits per heavy atom. The summed E-state index contributed by atoms with van der Waals surface area (Å²) in [7, 11) is 0. The molecule has 4 fully saturated rings. The second-order valence-corrected chi connectivity index (χ2v) is 9.58. The molecule has 3 nitrogen and oxygen atoms in total. The molecule has 0 bridgehead atoms. The fourth-order valence-electron chi connectivity index (χ4n) is 5.65. The van der Waals surface area contributed by atoms with Crippen molar-refractivity contribution in [3.8, 4) is 0 Å². The molecular weight excluding hydrogens is 282 g/mol. The van der Waals surface area contributed by atoms with Gasteiger partial charge in [-0.15, -0.1) is 0 Å². The molecule has 0 N–H and O–H groups in total. The molecule has 0 aromatic heterocycles. The van der Waals surface area contributed by atoms with E-state index in [4.69, 9.17) is 0 Å². The quantitative estimate of drug-likeness (QED) is 0.791. The third-order valence-electron chi connectivity index (χ3n) is 7.43. The molecule has 1 saturated carbocycles. The number of nitrogens with zero attached hydrogens (tertiary/aromatic N) is 3. The molecule has 132 valence electrons. The van der Waals surface area contributed by atoms with Gasteiger partial charge in [0.1, 0.15) is 0 Å². The van der Waals surface area contributed by atoms with Gasteiger partial charge in [0.15, 0.2) is 0 Å². The smallest absolute Gasteiger partial charge is 0.0350 e. The molecule has 1 unspecified atom stereocenters. The van der Waals surface area contributed by atoms with Gasteiger partial charge in [0.25, 0.3) is 0 Å². The molecule has 1 atom stereocenters. The minimum atomic E-state index is 0.716. The topological polar surface area (TPSA) is 9.72 Å². The minimum Gasteiger partial charge on any atom is -0.300 e. The molecular formula is C20H37N3. The van der Waals surface area contributed by atoms with Crippen molar-refractivity contribution < 1.29 is 0 Å². The van der Waals surface area contributed by atoms with E-state index in [0.29, 0.717) is 5.41 Å². The number of hydrogen-bond acceptors (Lipinski definition) is 3. The van der Waals surface area contributed by atoms with Crippen LogP contribution in [0, 0.1) is 11.3 Å². The first kappa shape index (κ1) is 16.4. The summed E-state index contributed by atoms with van der Waals surface area (Å²) in [5.74, 6) is 0.926. The van der Waals surface area contributed by atoms with Crippen LogP contribution < -0.4 is 0 Å². The van der Waals surface area contributed by atoms with Crippen molar-refractivity contribution >= 4 is 0 Å². The van der Waals surface area contributed by atoms with E-state index in [1.165, 1.54) is 77.8 Å². The molecule has 3 aliphatic heterocycles. The van der Waals surface area contributed by atoms with Gasteiger partial charge in [0.05, 0.1) is 0 Å². The first-order valence-corrected chi connectivity index (χ1v) is 10.3. The van der Waals surface area contributed by atoms with Crippen molar-refractivity contribution in [2.75, 3.05) is 39.3 Å².